The summed E-state index contributed by atoms with van der Waals surface area (Å²) in [5.41, 5.74) is 3.63. The summed E-state index contributed by atoms with van der Waals surface area (Å²) in [5, 5.41) is 0. The van der Waals surface area contributed by atoms with E-state index in [-0.39, 0.29) is 5.91 Å². The molecule has 0 N–H and O–H groups in total. The number of aromatic nitrogens is 1. The molecule has 6 nitrogen and oxygen atoms in total. The fourth-order valence-corrected chi connectivity index (χ4v) is 5.67. The van der Waals surface area contributed by atoms with Crippen LogP contribution in [0.3, 0.4) is 0 Å². The van der Waals surface area contributed by atoms with Crippen molar-refractivity contribution in [3.05, 3.63) is 58.9 Å². The van der Waals surface area contributed by atoms with E-state index in [1.54, 1.807) is 17.3 Å². The van der Waals surface area contributed by atoms with Gasteiger partial charge in [0.2, 0.25) is 15.9 Å². The summed E-state index contributed by atoms with van der Waals surface area (Å²) in [5.74, 6) is 0.0589. The highest BCUT2D eigenvalue weighted by Gasteiger charge is 2.32. The van der Waals surface area contributed by atoms with Gasteiger partial charge in [-0.05, 0) is 49.9 Å². The van der Waals surface area contributed by atoms with E-state index in [1.165, 1.54) is 4.31 Å². The molecule has 0 unspecified atom stereocenters. The summed E-state index contributed by atoms with van der Waals surface area (Å²) in [6.07, 6.45) is 4.54. The van der Waals surface area contributed by atoms with Gasteiger partial charge in [0, 0.05) is 45.0 Å². The minimum absolute atomic E-state index is 0.0589. The Morgan fingerprint density at radius 2 is 1.71 bits per heavy atom. The van der Waals surface area contributed by atoms with Gasteiger partial charge in [-0.2, -0.15) is 4.31 Å². The van der Waals surface area contributed by atoms with Gasteiger partial charge in [-0.3, -0.25) is 9.78 Å². The number of piperazine rings is 1. The first-order valence-electron chi connectivity index (χ1n) is 9.53. The lowest BCUT2D eigenvalue weighted by Crippen LogP contribution is -2.50. The third kappa shape index (κ3) is 4.42. The van der Waals surface area contributed by atoms with Crippen molar-refractivity contribution >= 4 is 15.9 Å². The number of hydrogen-bond donors (Lipinski definition) is 0. The molecule has 0 atom stereocenters. The molecule has 1 fully saturated rings. The fraction of sp³-hybridized carbons (Fsp3) is 0.429. The van der Waals surface area contributed by atoms with E-state index in [4.69, 9.17) is 0 Å². The number of hydrogen-bond acceptors (Lipinski definition) is 4. The van der Waals surface area contributed by atoms with Crippen LogP contribution >= 0.6 is 0 Å². The number of carbonyl (C=O) groups is 1. The third-order valence-corrected chi connectivity index (χ3v) is 7.35. The summed E-state index contributed by atoms with van der Waals surface area (Å²) < 4.78 is 27.8. The lowest BCUT2D eigenvalue weighted by Gasteiger charge is -2.34. The monoisotopic (exact) mass is 401 g/mol. The highest BCUT2D eigenvalue weighted by atomic mass is 32.2. The van der Waals surface area contributed by atoms with Crippen molar-refractivity contribution in [3.8, 4) is 0 Å². The zero-order chi connectivity index (χ0) is 20.3. The van der Waals surface area contributed by atoms with Gasteiger partial charge in [-0.1, -0.05) is 23.8 Å². The molecule has 1 aliphatic rings. The molecule has 0 radical (unpaired) electrons. The van der Waals surface area contributed by atoms with Gasteiger partial charge < -0.3 is 4.90 Å². The van der Waals surface area contributed by atoms with Crippen LogP contribution in [0.2, 0.25) is 0 Å². The first kappa shape index (κ1) is 20.5. The zero-order valence-electron chi connectivity index (χ0n) is 16.7. The average Bonchev–Trinajstić information content (AvgIpc) is 2.66. The number of nitrogens with zero attached hydrogens (tertiary/aromatic N) is 3. The Kier molecular flexibility index (Phi) is 6.15. The molecule has 0 spiro atoms. The van der Waals surface area contributed by atoms with Crippen LogP contribution in [-0.4, -0.2) is 54.7 Å². The largest absolute Gasteiger partial charge is 0.340 e. The summed E-state index contributed by atoms with van der Waals surface area (Å²) >= 11 is 0. The van der Waals surface area contributed by atoms with Crippen molar-refractivity contribution in [1.29, 1.82) is 0 Å². The second-order valence-corrected chi connectivity index (χ2v) is 9.25. The lowest BCUT2D eigenvalue weighted by molar-refractivity contribution is -0.132. The SMILES string of the molecule is Cc1cc(C)c(S(=O)(=O)N2CCN(C(=O)CCc3cccnc3)CC2)c(C)c1. The molecule has 0 bridgehead atoms. The number of aryl methyl sites for hydroxylation is 4. The van der Waals surface area contributed by atoms with Crippen LogP contribution in [0.4, 0.5) is 0 Å². The van der Waals surface area contributed by atoms with E-state index in [9.17, 15) is 13.2 Å². The number of pyridine rings is 1. The minimum atomic E-state index is -3.56. The highest BCUT2D eigenvalue weighted by molar-refractivity contribution is 7.89. The van der Waals surface area contributed by atoms with Crippen molar-refractivity contribution in [3.63, 3.8) is 0 Å². The molecule has 0 saturated carbocycles. The van der Waals surface area contributed by atoms with Gasteiger partial charge in [0.05, 0.1) is 4.90 Å². The highest BCUT2D eigenvalue weighted by Crippen LogP contribution is 2.26. The van der Waals surface area contributed by atoms with Gasteiger partial charge in [-0.25, -0.2) is 8.42 Å². The van der Waals surface area contributed by atoms with Crippen molar-refractivity contribution in [2.75, 3.05) is 26.2 Å². The van der Waals surface area contributed by atoms with E-state index in [0.717, 1.165) is 22.3 Å². The van der Waals surface area contributed by atoms with E-state index >= 15 is 0 Å². The quantitative estimate of drug-likeness (QED) is 0.772. The molecule has 1 aliphatic heterocycles. The predicted octanol–water partition coefficient (Wildman–Crippen LogP) is 2.47. The number of sulfonamides is 1. The molecule has 0 aliphatic carbocycles. The normalized spacial score (nSPS) is 15.6. The third-order valence-electron chi connectivity index (χ3n) is 5.14. The number of amides is 1. The lowest BCUT2D eigenvalue weighted by atomic mass is 10.1. The van der Waals surface area contributed by atoms with Gasteiger partial charge in [0.1, 0.15) is 0 Å². The van der Waals surface area contributed by atoms with Crippen LogP contribution in [0.1, 0.15) is 28.7 Å². The van der Waals surface area contributed by atoms with Gasteiger partial charge in [0.15, 0.2) is 0 Å². The van der Waals surface area contributed by atoms with E-state index in [2.05, 4.69) is 4.98 Å². The molecule has 28 heavy (non-hydrogen) atoms. The van der Waals surface area contributed by atoms with Crippen molar-refractivity contribution in [2.45, 2.75) is 38.5 Å². The number of carbonyl (C=O) groups excluding carboxylic acids is 1. The van der Waals surface area contributed by atoms with Crippen LogP contribution in [0.5, 0.6) is 0 Å². The zero-order valence-corrected chi connectivity index (χ0v) is 17.5. The van der Waals surface area contributed by atoms with Crippen molar-refractivity contribution in [2.24, 2.45) is 0 Å². The minimum Gasteiger partial charge on any atom is -0.340 e. The molecule has 2 aromatic rings. The molecule has 1 amide bonds. The summed E-state index contributed by atoms with van der Waals surface area (Å²) in [6, 6.07) is 7.62. The predicted molar refractivity (Wildman–Crippen MR) is 109 cm³/mol. The Hall–Kier alpha value is -2.25. The van der Waals surface area contributed by atoms with Gasteiger partial charge in [0.25, 0.3) is 0 Å². The molecular formula is C21H27N3O3S. The molecule has 1 aromatic heterocycles. The second kappa shape index (κ2) is 8.41. The topological polar surface area (TPSA) is 70.6 Å². The maximum absolute atomic E-state index is 13.1. The first-order chi connectivity index (χ1) is 13.3. The van der Waals surface area contributed by atoms with E-state index < -0.39 is 10.0 Å². The van der Waals surface area contributed by atoms with Crippen LogP contribution in [0.15, 0.2) is 41.6 Å². The summed E-state index contributed by atoms with van der Waals surface area (Å²) in [7, 11) is -3.56. The van der Waals surface area contributed by atoms with Gasteiger partial charge >= 0.3 is 0 Å². The molecule has 1 saturated heterocycles. The Morgan fingerprint density at radius 1 is 1.07 bits per heavy atom. The second-order valence-electron chi connectivity index (χ2n) is 7.37. The summed E-state index contributed by atoms with van der Waals surface area (Å²) in [6.45, 7) is 7.15. The molecular weight excluding hydrogens is 374 g/mol. The Bertz CT molecular complexity index is 927. The Labute approximate surface area is 167 Å². The van der Waals surface area contributed by atoms with Gasteiger partial charge in [-0.15, -0.1) is 0 Å². The fourth-order valence-electron chi connectivity index (χ4n) is 3.84. The Morgan fingerprint density at radius 3 is 2.29 bits per heavy atom. The molecule has 2 heterocycles. The molecule has 7 heteroatoms. The van der Waals surface area contributed by atoms with Crippen molar-refractivity contribution < 1.29 is 13.2 Å². The van der Waals surface area contributed by atoms with Crippen LogP contribution in [-0.2, 0) is 21.2 Å². The molecule has 150 valence electrons. The summed E-state index contributed by atoms with van der Waals surface area (Å²) in [4.78, 5) is 18.7. The standard InChI is InChI=1S/C21H27N3O3S/c1-16-13-17(2)21(18(3)14-16)28(26,27)24-11-9-23(10-12-24)20(25)7-6-19-5-4-8-22-15-19/h4-5,8,13-15H,6-7,9-12H2,1-3H3. The smallest absolute Gasteiger partial charge is 0.243 e. The van der Waals surface area contributed by atoms with Crippen LogP contribution in [0, 0.1) is 20.8 Å². The van der Waals surface area contributed by atoms with Crippen LogP contribution < -0.4 is 0 Å². The molecule has 1 aromatic carbocycles. The molecule has 3 rings (SSSR count). The first-order valence-corrected chi connectivity index (χ1v) is 11.0. The van der Waals surface area contributed by atoms with E-state index in [0.29, 0.717) is 43.9 Å². The maximum Gasteiger partial charge on any atom is 0.243 e. The maximum atomic E-state index is 13.1. The van der Waals surface area contributed by atoms with E-state index in [1.807, 2.05) is 45.0 Å². The number of benzene rings is 1. The number of rotatable bonds is 5. The van der Waals surface area contributed by atoms with Crippen LogP contribution in [0.25, 0.3) is 0 Å². The van der Waals surface area contributed by atoms with Crippen molar-refractivity contribution in [1.82, 2.24) is 14.2 Å². The average molecular weight is 402 g/mol. The Balaban J connectivity index is 1.62.